The molecule has 4 heteroatoms. The highest BCUT2D eigenvalue weighted by molar-refractivity contribution is 6.30. The Morgan fingerprint density at radius 1 is 1.39 bits per heavy atom. The zero-order chi connectivity index (χ0) is 13.0. The second-order valence-electron chi connectivity index (χ2n) is 4.48. The number of rotatable bonds is 3. The predicted molar refractivity (Wildman–Crippen MR) is 72.7 cm³/mol. The van der Waals surface area contributed by atoms with Crippen molar-refractivity contribution in [2.24, 2.45) is 5.92 Å². The molecule has 0 saturated carbocycles. The number of ketones is 1. The number of benzene rings is 1. The van der Waals surface area contributed by atoms with E-state index in [1.807, 2.05) is 0 Å². The molecule has 0 spiro atoms. The molecule has 1 heterocycles. The van der Waals surface area contributed by atoms with Gasteiger partial charge in [-0.25, -0.2) is 0 Å². The lowest BCUT2D eigenvalue weighted by molar-refractivity contribution is -0.118. The van der Waals surface area contributed by atoms with Crippen LogP contribution in [0.25, 0.3) is 5.76 Å². The van der Waals surface area contributed by atoms with Gasteiger partial charge in [-0.1, -0.05) is 11.6 Å². The Hall–Kier alpha value is -1.32. The average molecular weight is 266 g/mol. The fourth-order valence-corrected chi connectivity index (χ4v) is 2.18. The van der Waals surface area contributed by atoms with Gasteiger partial charge in [-0.05, 0) is 43.7 Å². The van der Waals surface area contributed by atoms with Gasteiger partial charge in [0.25, 0.3) is 0 Å². The Morgan fingerprint density at radius 3 is 2.72 bits per heavy atom. The third-order valence-electron chi connectivity index (χ3n) is 3.12. The quantitative estimate of drug-likeness (QED) is 0.653. The van der Waals surface area contributed by atoms with Crippen LogP contribution in [0.5, 0.6) is 0 Å². The molecule has 1 fully saturated rings. The molecule has 1 aromatic carbocycles. The van der Waals surface area contributed by atoms with Crippen LogP contribution in [-0.2, 0) is 4.79 Å². The van der Waals surface area contributed by atoms with E-state index in [-0.39, 0.29) is 17.5 Å². The summed E-state index contributed by atoms with van der Waals surface area (Å²) in [6.07, 6.45) is 3.21. The number of nitrogens with one attached hydrogen (secondary N) is 1. The molecule has 0 bridgehead atoms. The van der Waals surface area contributed by atoms with Crippen LogP contribution in [0.2, 0.25) is 5.02 Å². The normalized spacial score (nSPS) is 20.7. The van der Waals surface area contributed by atoms with Crippen LogP contribution < -0.4 is 5.32 Å². The highest BCUT2D eigenvalue weighted by Gasteiger charge is 2.19. The monoisotopic (exact) mass is 265 g/mol. The van der Waals surface area contributed by atoms with Crippen molar-refractivity contribution < 1.29 is 9.90 Å². The lowest BCUT2D eigenvalue weighted by Gasteiger charge is -2.20. The maximum Gasteiger partial charge on any atom is 0.163 e. The van der Waals surface area contributed by atoms with E-state index in [4.69, 9.17) is 11.6 Å². The van der Waals surface area contributed by atoms with E-state index in [1.54, 1.807) is 24.3 Å². The van der Waals surface area contributed by atoms with Gasteiger partial charge in [0.15, 0.2) is 5.78 Å². The van der Waals surface area contributed by atoms with E-state index >= 15 is 0 Å². The topological polar surface area (TPSA) is 49.3 Å². The van der Waals surface area contributed by atoms with Crippen LogP contribution in [0, 0.1) is 5.92 Å². The smallest absolute Gasteiger partial charge is 0.163 e. The Labute approximate surface area is 111 Å². The van der Waals surface area contributed by atoms with E-state index in [0.29, 0.717) is 17.1 Å². The SMILES string of the molecule is O=C(/C=C(\O)c1ccc(Cl)cc1)C1CCCNC1. The Bertz CT molecular complexity index is 447. The van der Waals surface area contributed by atoms with E-state index < -0.39 is 0 Å². The average Bonchev–Trinajstić information content (AvgIpc) is 2.40. The van der Waals surface area contributed by atoms with Crippen molar-refractivity contribution in [2.45, 2.75) is 12.8 Å². The maximum atomic E-state index is 11.9. The summed E-state index contributed by atoms with van der Waals surface area (Å²) in [5.74, 6) is -0.0370. The van der Waals surface area contributed by atoms with Crippen LogP contribution in [0.3, 0.4) is 0 Å². The summed E-state index contributed by atoms with van der Waals surface area (Å²) < 4.78 is 0. The number of carbonyl (C=O) groups excluding carboxylic acids is 1. The summed E-state index contributed by atoms with van der Waals surface area (Å²) in [6.45, 7) is 1.67. The third-order valence-corrected chi connectivity index (χ3v) is 3.37. The van der Waals surface area contributed by atoms with Gasteiger partial charge in [0.05, 0.1) is 0 Å². The predicted octanol–water partition coefficient (Wildman–Crippen LogP) is 2.81. The van der Waals surface area contributed by atoms with Crippen LogP contribution >= 0.6 is 11.6 Å². The van der Waals surface area contributed by atoms with E-state index in [0.717, 1.165) is 19.4 Å². The molecule has 3 nitrogen and oxygen atoms in total. The summed E-state index contributed by atoms with van der Waals surface area (Å²) in [7, 11) is 0. The molecule has 2 rings (SSSR count). The molecule has 1 aliphatic heterocycles. The van der Waals surface area contributed by atoms with Crippen LogP contribution in [0.4, 0.5) is 0 Å². The number of hydrogen-bond donors (Lipinski definition) is 2. The van der Waals surface area contributed by atoms with Crippen LogP contribution in [0.1, 0.15) is 18.4 Å². The highest BCUT2D eigenvalue weighted by Crippen LogP contribution is 2.18. The molecule has 1 unspecified atom stereocenters. The molecule has 1 aromatic rings. The van der Waals surface area contributed by atoms with Crippen LogP contribution in [-0.4, -0.2) is 24.0 Å². The molecular weight excluding hydrogens is 250 g/mol. The van der Waals surface area contributed by atoms with E-state index in [2.05, 4.69) is 5.32 Å². The standard InChI is InChI=1S/C14H16ClNO2/c15-12-5-3-10(4-6-12)13(17)8-14(18)11-2-1-7-16-9-11/h3-6,8,11,16-17H,1-2,7,9H2/b13-8-. The summed E-state index contributed by atoms with van der Waals surface area (Å²) in [5.41, 5.74) is 0.608. The minimum absolute atomic E-state index is 0.00207. The lowest BCUT2D eigenvalue weighted by Crippen LogP contribution is -2.33. The minimum atomic E-state index is -0.0202. The molecule has 18 heavy (non-hydrogen) atoms. The zero-order valence-electron chi connectivity index (χ0n) is 10.0. The second-order valence-corrected chi connectivity index (χ2v) is 4.92. The molecular formula is C14H16ClNO2. The first kappa shape index (κ1) is 13.1. The van der Waals surface area contributed by atoms with Crippen LogP contribution in [0.15, 0.2) is 30.3 Å². The summed E-state index contributed by atoms with van der Waals surface area (Å²) in [6, 6.07) is 6.77. The maximum absolute atomic E-state index is 11.9. The molecule has 0 aromatic heterocycles. The first-order valence-electron chi connectivity index (χ1n) is 6.08. The van der Waals surface area contributed by atoms with Gasteiger partial charge in [0, 0.05) is 29.1 Å². The Kier molecular flexibility index (Phi) is 4.39. The lowest BCUT2D eigenvalue weighted by atomic mass is 9.94. The molecule has 1 atom stereocenters. The van der Waals surface area contributed by atoms with Gasteiger partial charge >= 0.3 is 0 Å². The molecule has 1 aliphatic rings. The molecule has 0 amide bonds. The minimum Gasteiger partial charge on any atom is -0.507 e. The van der Waals surface area contributed by atoms with E-state index in [9.17, 15) is 9.90 Å². The number of aliphatic hydroxyl groups is 1. The number of hydrogen-bond acceptors (Lipinski definition) is 3. The van der Waals surface area contributed by atoms with Crippen molar-refractivity contribution in [1.29, 1.82) is 0 Å². The van der Waals surface area contributed by atoms with Gasteiger partial charge in [0.1, 0.15) is 5.76 Å². The fourth-order valence-electron chi connectivity index (χ4n) is 2.05. The number of allylic oxidation sites excluding steroid dienone is 1. The van der Waals surface area contributed by atoms with Gasteiger partial charge in [0.2, 0.25) is 0 Å². The first-order chi connectivity index (χ1) is 8.66. The van der Waals surface area contributed by atoms with E-state index in [1.165, 1.54) is 6.08 Å². The first-order valence-corrected chi connectivity index (χ1v) is 6.46. The molecule has 96 valence electrons. The van der Waals surface area contributed by atoms with Crippen molar-refractivity contribution in [3.05, 3.63) is 40.9 Å². The zero-order valence-corrected chi connectivity index (χ0v) is 10.8. The number of halogens is 1. The van der Waals surface area contributed by atoms with Crippen molar-refractivity contribution in [3.8, 4) is 0 Å². The second kappa shape index (κ2) is 6.03. The van der Waals surface area contributed by atoms with Gasteiger partial charge in [-0.2, -0.15) is 0 Å². The summed E-state index contributed by atoms with van der Waals surface area (Å²) in [5, 5.41) is 13.7. The Morgan fingerprint density at radius 2 is 2.11 bits per heavy atom. The van der Waals surface area contributed by atoms with Crippen molar-refractivity contribution in [3.63, 3.8) is 0 Å². The van der Waals surface area contributed by atoms with Crippen molar-refractivity contribution in [2.75, 3.05) is 13.1 Å². The van der Waals surface area contributed by atoms with Crippen molar-refractivity contribution >= 4 is 23.1 Å². The summed E-state index contributed by atoms with van der Waals surface area (Å²) in [4.78, 5) is 11.9. The molecule has 1 saturated heterocycles. The third kappa shape index (κ3) is 3.34. The van der Waals surface area contributed by atoms with Gasteiger partial charge < -0.3 is 10.4 Å². The van der Waals surface area contributed by atoms with Crippen molar-refractivity contribution in [1.82, 2.24) is 5.32 Å². The van der Waals surface area contributed by atoms with Gasteiger partial charge in [-0.3, -0.25) is 4.79 Å². The summed E-state index contributed by atoms with van der Waals surface area (Å²) >= 11 is 5.77. The molecule has 0 radical (unpaired) electrons. The highest BCUT2D eigenvalue weighted by atomic mass is 35.5. The number of piperidine rings is 1. The van der Waals surface area contributed by atoms with Gasteiger partial charge in [-0.15, -0.1) is 0 Å². The fraction of sp³-hybridized carbons (Fsp3) is 0.357. The number of carbonyl (C=O) groups is 1. The largest absolute Gasteiger partial charge is 0.507 e. The number of aliphatic hydroxyl groups excluding tert-OH is 1. The molecule has 0 aliphatic carbocycles. The molecule has 2 N–H and O–H groups in total. The Balaban J connectivity index is 2.07.